The summed E-state index contributed by atoms with van der Waals surface area (Å²) in [6, 6.07) is 0. The first-order valence-electron chi connectivity index (χ1n) is 5.12. The number of rotatable bonds is 0. The molecule has 11 heavy (non-hydrogen) atoms. The van der Waals surface area contributed by atoms with E-state index in [9.17, 15) is 0 Å². The van der Waals surface area contributed by atoms with Gasteiger partial charge < -0.3 is 0 Å². The van der Waals surface area contributed by atoms with Gasteiger partial charge in [-0.2, -0.15) is 0 Å². The molecule has 3 atom stereocenters. The second kappa shape index (κ2) is 2.24. The number of hydrogen-bond donors (Lipinski definition) is 0. The quantitative estimate of drug-likeness (QED) is 0.498. The number of fused-ring (bicyclic) bond motifs is 2. The SMILES string of the molecule is CC1CCC2CCC1C2(C)C. The molecular formula is C11H20. The second-order valence-electron chi connectivity index (χ2n) is 5.26. The summed E-state index contributed by atoms with van der Waals surface area (Å²) in [5.74, 6) is 3.11. The van der Waals surface area contributed by atoms with Gasteiger partial charge in [0.1, 0.15) is 0 Å². The highest BCUT2D eigenvalue weighted by molar-refractivity contribution is 4.97. The molecule has 0 spiro atoms. The molecule has 2 aliphatic rings. The summed E-state index contributed by atoms with van der Waals surface area (Å²) in [5.41, 5.74) is 0.678. The van der Waals surface area contributed by atoms with Gasteiger partial charge in [-0.15, -0.1) is 0 Å². The summed E-state index contributed by atoms with van der Waals surface area (Å²) >= 11 is 0. The summed E-state index contributed by atoms with van der Waals surface area (Å²) in [4.78, 5) is 0. The monoisotopic (exact) mass is 152 g/mol. The highest BCUT2D eigenvalue weighted by atomic mass is 14.5. The van der Waals surface area contributed by atoms with E-state index in [-0.39, 0.29) is 0 Å². The van der Waals surface area contributed by atoms with Gasteiger partial charge in [0.25, 0.3) is 0 Å². The Balaban J connectivity index is 2.24. The van der Waals surface area contributed by atoms with E-state index in [1.54, 1.807) is 0 Å². The van der Waals surface area contributed by atoms with Crippen molar-refractivity contribution in [3.8, 4) is 0 Å². The first kappa shape index (κ1) is 7.64. The van der Waals surface area contributed by atoms with E-state index in [4.69, 9.17) is 0 Å². The molecule has 0 aromatic heterocycles. The van der Waals surface area contributed by atoms with Gasteiger partial charge in [-0.05, 0) is 42.4 Å². The molecule has 0 N–H and O–H groups in total. The van der Waals surface area contributed by atoms with E-state index in [1.165, 1.54) is 25.7 Å². The lowest BCUT2D eigenvalue weighted by molar-refractivity contribution is 0.0794. The van der Waals surface area contributed by atoms with Gasteiger partial charge in [0.15, 0.2) is 0 Å². The van der Waals surface area contributed by atoms with Crippen molar-refractivity contribution in [1.29, 1.82) is 0 Å². The van der Waals surface area contributed by atoms with Gasteiger partial charge in [0.05, 0.1) is 0 Å². The van der Waals surface area contributed by atoms with Gasteiger partial charge in [0.2, 0.25) is 0 Å². The lowest BCUT2D eigenvalue weighted by Crippen LogP contribution is -2.33. The van der Waals surface area contributed by atoms with Crippen LogP contribution in [0.5, 0.6) is 0 Å². The van der Waals surface area contributed by atoms with Gasteiger partial charge in [-0.3, -0.25) is 0 Å². The Morgan fingerprint density at radius 3 is 2.27 bits per heavy atom. The van der Waals surface area contributed by atoms with Crippen LogP contribution in [0.3, 0.4) is 0 Å². The normalized spacial score (nSPS) is 47.7. The maximum absolute atomic E-state index is 2.49. The molecule has 64 valence electrons. The lowest BCUT2D eigenvalue weighted by atomic mass is 9.64. The van der Waals surface area contributed by atoms with Crippen LogP contribution in [0.4, 0.5) is 0 Å². The maximum atomic E-state index is 2.49. The van der Waals surface area contributed by atoms with Crippen LogP contribution in [0.2, 0.25) is 0 Å². The molecular weight excluding hydrogens is 132 g/mol. The lowest BCUT2D eigenvalue weighted by Gasteiger charge is -2.41. The van der Waals surface area contributed by atoms with E-state index in [0.717, 1.165) is 17.8 Å². The summed E-state index contributed by atoms with van der Waals surface area (Å²) in [7, 11) is 0. The molecule has 0 nitrogen and oxygen atoms in total. The van der Waals surface area contributed by atoms with E-state index in [2.05, 4.69) is 20.8 Å². The smallest absolute Gasteiger partial charge is 0.0295 e. The molecule has 3 unspecified atom stereocenters. The maximum Gasteiger partial charge on any atom is -0.0295 e. The number of hydrogen-bond acceptors (Lipinski definition) is 0. The largest absolute Gasteiger partial charge is 0.0622 e. The van der Waals surface area contributed by atoms with Crippen molar-refractivity contribution < 1.29 is 0 Å². The summed E-state index contributed by atoms with van der Waals surface area (Å²) in [6.45, 7) is 7.43. The van der Waals surface area contributed by atoms with E-state index >= 15 is 0 Å². The van der Waals surface area contributed by atoms with E-state index in [1.807, 2.05) is 0 Å². The van der Waals surface area contributed by atoms with Crippen molar-refractivity contribution in [2.24, 2.45) is 23.2 Å². The summed E-state index contributed by atoms with van der Waals surface area (Å²) in [6.07, 6.45) is 6.03. The minimum absolute atomic E-state index is 0.678. The molecule has 0 heteroatoms. The Morgan fingerprint density at radius 1 is 1.00 bits per heavy atom. The van der Waals surface area contributed by atoms with Crippen LogP contribution < -0.4 is 0 Å². The van der Waals surface area contributed by atoms with Crippen molar-refractivity contribution >= 4 is 0 Å². The van der Waals surface area contributed by atoms with Crippen LogP contribution >= 0.6 is 0 Å². The topological polar surface area (TPSA) is 0 Å². The van der Waals surface area contributed by atoms with Crippen molar-refractivity contribution in [3.63, 3.8) is 0 Å². The standard InChI is InChI=1S/C11H20/c1-8-4-5-9-6-7-10(8)11(9,2)3/h8-10H,4-7H2,1-3H3. The molecule has 0 aromatic carbocycles. The predicted molar refractivity (Wildman–Crippen MR) is 48.4 cm³/mol. The van der Waals surface area contributed by atoms with Gasteiger partial charge in [-0.25, -0.2) is 0 Å². The highest BCUT2D eigenvalue weighted by Gasteiger charge is 2.47. The fourth-order valence-corrected chi connectivity index (χ4v) is 3.63. The summed E-state index contributed by atoms with van der Waals surface area (Å²) in [5, 5.41) is 0. The van der Waals surface area contributed by atoms with Gasteiger partial charge >= 0.3 is 0 Å². The molecule has 0 aliphatic heterocycles. The highest BCUT2D eigenvalue weighted by Crippen LogP contribution is 2.56. The van der Waals surface area contributed by atoms with Crippen LogP contribution in [-0.4, -0.2) is 0 Å². The van der Waals surface area contributed by atoms with Gasteiger partial charge in [0, 0.05) is 0 Å². The molecule has 2 aliphatic carbocycles. The zero-order chi connectivity index (χ0) is 8.06. The Morgan fingerprint density at radius 2 is 1.64 bits per heavy atom. The minimum atomic E-state index is 0.678. The van der Waals surface area contributed by atoms with Crippen molar-refractivity contribution in [1.82, 2.24) is 0 Å². The average Bonchev–Trinajstić information content (AvgIpc) is 2.15. The fraction of sp³-hybridized carbons (Fsp3) is 1.00. The molecule has 0 saturated heterocycles. The third-order valence-corrected chi connectivity index (χ3v) is 4.49. The van der Waals surface area contributed by atoms with Crippen LogP contribution in [0.15, 0.2) is 0 Å². The molecule has 0 amide bonds. The third-order valence-electron chi connectivity index (χ3n) is 4.49. The van der Waals surface area contributed by atoms with Crippen LogP contribution in [0, 0.1) is 23.2 Å². The first-order chi connectivity index (χ1) is 5.12. The van der Waals surface area contributed by atoms with Gasteiger partial charge in [-0.1, -0.05) is 27.2 Å². The van der Waals surface area contributed by atoms with Crippen molar-refractivity contribution in [3.05, 3.63) is 0 Å². The molecule has 2 rings (SSSR count). The second-order valence-corrected chi connectivity index (χ2v) is 5.26. The molecule has 2 fully saturated rings. The molecule has 2 saturated carbocycles. The predicted octanol–water partition coefficient (Wildman–Crippen LogP) is 3.47. The Labute approximate surface area is 70.4 Å². The van der Waals surface area contributed by atoms with Crippen LogP contribution in [0.1, 0.15) is 46.5 Å². The average molecular weight is 152 g/mol. The Bertz CT molecular complexity index is 157. The molecule has 0 radical (unpaired) electrons. The zero-order valence-electron chi connectivity index (χ0n) is 8.06. The van der Waals surface area contributed by atoms with Crippen LogP contribution in [0.25, 0.3) is 0 Å². The molecule has 0 heterocycles. The molecule has 0 aromatic rings. The molecule has 2 bridgehead atoms. The van der Waals surface area contributed by atoms with Crippen molar-refractivity contribution in [2.45, 2.75) is 46.5 Å². The van der Waals surface area contributed by atoms with Crippen molar-refractivity contribution in [2.75, 3.05) is 0 Å². The zero-order valence-corrected chi connectivity index (χ0v) is 8.06. The van der Waals surface area contributed by atoms with Crippen LogP contribution in [-0.2, 0) is 0 Å². The summed E-state index contributed by atoms with van der Waals surface area (Å²) < 4.78 is 0. The first-order valence-corrected chi connectivity index (χ1v) is 5.12. The minimum Gasteiger partial charge on any atom is -0.0622 e. The Kier molecular flexibility index (Phi) is 1.56. The third kappa shape index (κ3) is 0.947. The Hall–Kier alpha value is 0. The fourth-order valence-electron chi connectivity index (χ4n) is 3.63. The van der Waals surface area contributed by atoms with E-state index in [0.29, 0.717) is 5.41 Å². The van der Waals surface area contributed by atoms with E-state index < -0.39 is 0 Å².